The Bertz CT molecular complexity index is 170. The van der Waals surface area contributed by atoms with Gasteiger partial charge in [0.05, 0.1) is 8.82 Å². The number of hydrogen-bond donors (Lipinski definition) is 1. The molecule has 0 radical (unpaired) electrons. The lowest BCUT2D eigenvalue weighted by molar-refractivity contribution is 0.225. The van der Waals surface area contributed by atoms with Gasteiger partial charge in [-0.3, -0.25) is 0 Å². The van der Waals surface area contributed by atoms with Crippen LogP contribution in [0, 0.1) is 0 Å². The van der Waals surface area contributed by atoms with Crippen LogP contribution in [-0.2, 0) is 0 Å². The summed E-state index contributed by atoms with van der Waals surface area (Å²) < 4.78 is 14.1. The molecule has 1 rings (SSSR count). The van der Waals surface area contributed by atoms with Gasteiger partial charge in [0.15, 0.2) is 0 Å². The van der Waals surface area contributed by atoms with Crippen molar-refractivity contribution in [1.29, 1.82) is 0 Å². The van der Waals surface area contributed by atoms with Gasteiger partial charge in [0.1, 0.15) is 0 Å². The third-order valence-corrected chi connectivity index (χ3v) is 0.801. The van der Waals surface area contributed by atoms with Crippen molar-refractivity contribution in [2.24, 2.45) is 0 Å². The third kappa shape index (κ3) is 1.16. The number of hydrogen-bond acceptors (Lipinski definition) is 1. The van der Waals surface area contributed by atoms with Crippen LogP contribution in [-0.4, -0.2) is 11.2 Å². The molecule has 0 saturated heterocycles. The number of aliphatic hydroxyl groups is 1. The van der Waals surface area contributed by atoms with E-state index < -0.39 is 6.08 Å². The molecule has 1 atom stereocenters. The molecule has 1 heteroatoms. The van der Waals surface area contributed by atoms with E-state index in [1.54, 1.807) is 0 Å². The molecule has 0 aromatic rings. The Balaban J connectivity index is 2.70. The first-order valence-electron chi connectivity index (χ1n) is 3.18. The average Bonchev–Trinajstić information content (AvgIpc) is 1.78. The maximum Gasteiger partial charge on any atom is 0.0758 e. The Labute approximate surface area is 45.8 Å². The van der Waals surface area contributed by atoms with Crippen LogP contribution >= 0.6 is 0 Å². The van der Waals surface area contributed by atoms with Crippen molar-refractivity contribution in [2.75, 3.05) is 0 Å². The first-order valence-corrected chi connectivity index (χ1v) is 2.18. The lowest BCUT2D eigenvalue weighted by atomic mass is 10.1. The largest absolute Gasteiger partial charge is 0.389 e. The first-order chi connectivity index (χ1) is 4.10. The number of allylic oxidation sites excluding steroid dienone is 2. The highest BCUT2D eigenvalue weighted by atomic mass is 16.3. The average molecular weight is 98.1 g/mol. The molecule has 0 aromatic carbocycles. The van der Waals surface area contributed by atoms with Gasteiger partial charge in [0, 0.05) is 0 Å². The van der Waals surface area contributed by atoms with Crippen molar-refractivity contribution >= 4 is 0 Å². The van der Waals surface area contributed by atoms with Crippen LogP contribution in [0.5, 0.6) is 0 Å². The lowest BCUT2D eigenvalue weighted by Gasteiger charge is -2.01. The molecular weight excluding hydrogens is 88.1 g/mol. The van der Waals surface area contributed by atoms with Gasteiger partial charge in [-0.2, -0.15) is 0 Å². The highest BCUT2D eigenvalue weighted by Gasteiger charge is 1.95. The van der Waals surface area contributed by atoms with Crippen LogP contribution < -0.4 is 0 Å². The molecule has 0 aromatic heterocycles. The van der Waals surface area contributed by atoms with Crippen LogP contribution in [0.15, 0.2) is 24.3 Å². The van der Waals surface area contributed by atoms with E-state index in [9.17, 15) is 0 Å². The fourth-order valence-corrected chi connectivity index (χ4v) is 0.444. The van der Waals surface area contributed by atoms with Gasteiger partial charge < -0.3 is 5.11 Å². The SMILES string of the molecule is [2H]C1=CCC([2H])(O)C=C1. The van der Waals surface area contributed by atoms with Crippen LogP contribution in [0.2, 0.25) is 0 Å². The topological polar surface area (TPSA) is 20.2 Å². The van der Waals surface area contributed by atoms with E-state index in [2.05, 4.69) is 0 Å². The van der Waals surface area contributed by atoms with E-state index in [0.29, 0.717) is 6.05 Å². The molecule has 0 aliphatic heterocycles. The molecule has 1 unspecified atom stereocenters. The fraction of sp³-hybridized carbons (Fsp3) is 0.333. The second kappa shape index (κ2) is 1.94. The van der Waals surface area contributed by atoms with Crippen LogP contribution in [0.3, 0.4) is 0 Å². The van der Waals surface area contributed by atoms with Gasteiger partial charge in [-0.1, -0.05) is 24.3 Å². The van der Waals surface area contributed by atoms with E-state index in [0.717, 1.165) is 0 Å². The normalized spacial score (nSPS) is 44.4. The monoisotopic (exact) mass is 98.1 g/mol. The molecule has 0 saturated carbocycles. The summed E-state index contributed by atoms with van der Waals surface area (Å²) in [5.74, 6) is 0. The Kier molecular flexibility index (Phi) is 0.740. The zero-order chi connectivity index (χ0) is 6.91. The molecule has 38 valence electrons. The quantitative estimate of drug-likeness (QED) is 0.476. The van der Waals surface area contributed by atoms with Crippen LogP contribution in [0.1, 0.15) is 9.16 Å². The summed E-state index contributed by atoms with van der Waals surface area (Å²) >= 11 is 0. The van der Waals surface area contributed by atoms with Crippen molar-refractivity contribution in [3.8, 4) is 0 Å². The summed E-state index contributed by atoms with van der Waals surface area (Å²) in [4.78, 5) is 0. The zero-order valence-electron chi connectivity index (χ0n) is 5.89. The number of rotatable bonds is 0. The van der Waals surface area contributed by atoms with Crippen molar-refractivity contribution in [2.45, 2.75) is 12.5 Å². The van der Waals surface area contributed by atoms with Gasteiger partial charge >= 0.3 is 0 Å². The van der Waals surface area contributed by atoms with E-state index in [1.165, 1.54) is 18.2 Å². The van der Waals surface area contributed by atoms with Crippen LogP contribution in [0.25, 0.3) is 0 Å². The molecule has 0 amide bonds. The second-order valence-electron chi connectivity index (χ2n) is 1.40. The van der Waals surface area contributed by atoms with Crippen molar-refractivity contribution in [3.63, 3.8) is 0 Å². The highest BCUT2D eigenvalue weighted by Crippen LogP contribution is 2.00. The zero-order valence-corrected chi connectivity index (χ0v) is 3.89. The minimum Gasteiger partial charge on any atom is -0.389 e. The summed E-state index contributed by atoms with van der Waals surface area (Å²) in [6, 6.07) is 0.368. The van der Waals surface area contributed by atoms with Crippen LogP contribution in [0.4, 0.5) is 0 Å². The highest BCUT2D eigenvalue weighted by molar-refractivity contribution is 5.11. The summed E-state index contributed by atoms with van der Waals surface area (Å²) in [6.07, 6.45) is 3.02. The van der Waals surface area contributed by atoms with Crippen molar-refractivity contribution in [1.82, 2.24) is 0 Å². The van der Waals surface area contributed by atoms with Gasteiger partial charge in [-0.15, -0.1) is 0 Å². The van der Waals surface area contributed by atoms with Crippen molar-refractivity contribution in [3.05, 3.63) is 24.3 Å². The van der Waals surface area contributed by atoms with Crippen molar-refractivity contribution < 1.29 is 7.85 Å². The minimum atomic E-state index is -1.47. The summed E-state index contributed by atoms with van der Waals surface area (Å²) in [5, 5.41) is 8.94. The third-order valence-electron chi connectivity index (χ3n) is 0.801. The summed E-state index contributed by atoms with van der Waals surface area (Å²) in [6.45, 7) is 0. The molecule has 1 aliphatic carbocycles. The Morgan fingerprint density at radius 1 is 2.00 bits per heavy atom. The molecule has 1 nitrogen and oxygen atoms in total. The molecule has 1 aliphatic rings. The first kappa shape index (κ1) is 2.68. The maximum absolute atomic E-state index is 8.94. The predicted octanol–water partition coefficient (Wildman–Crippen LogP) is 0.863. The van der Waals surface area contributed by atoms with E-state index in [1.807, 2.05) is 0 Å². The van der Waals surface area contributed by atoms with Gasteiger partial charge in [0.25, 0.3) is 0 Å². The molecule has 0 spiro atoms. The Hall–Kier alpha value is -0.560. The summed E-state index contributed by atoms with van der Waals surface area (Å²) in [5.41, 5.74) is 0. The molecule has 0 fully saturated rings. The second-order valence-corrected chi connectivity index (χ2v) is 1.40. The predicted molar refractivity (Wildman–Crippen MR) is 28.9 cm³/mol. The van der Waals surface area contributed by atoms with Gasteiger partial charge in [-0.05, 0) is 6.42 Å². The Morgan fingerprint density at radius 3 is 3.29 bits per heavy atom. The molecule has 1 N–H and O–H groups in total. The molecular formula is C6H8O. The smallest absolute Gasteiger partial charge is 0.0758 e. The summed E-state index contributed by atoms with van der Waals surface area (Å²) in [7, 11) is 0. The van der Waals surface area contributed by atoms with E-state index in [4.69, 9.17) is 7.85 Å². The molecule has 0 bridgehead atoms. The van der Waals surface area contributed by atoms with Gasteiger partial charge in [-0.25, -0.2) is 0 Å². The van der Waals surface area contributed by atoms with E-state index in [-0.39, 0.29) is 6.42 Å². The Morgan fingerprint density at radius 2 is 2.86 bits per heavy atom. The van der Waals surface area contributed by atoms with Gasteiger partial charge in [0.2, 0.25) is 0 Å². The molecule has 7 heavy (non-hydrogen) atoms. The standard InChI is InChI=1S/C6H8O/c7-6-4-2-1-3-5-6/h1-4,6-7H,5H2/i1D,6D. The van der Waals surface area contributed by atoms with E-state index >= 15 is 0 Å². The maximum atomic E-state index is 8.94. The lowest BCUT2D eigenvalue weighted by Crippen LogP contribution is -2.00. The minimum absolute atomic E-state index is 0.225. The molecule has 0 heterocycles. The fourth-order valence-electron chi connectivity index (χ4n) is 0.444.